The molecule has 1 unspecified atom stereocenters. The van der Waals surface area contributed by atoms with Crippen LogP contribution in [0.2, 0.25) is 0 Å². The fourth-order valence-electron chi connectivity index (χ4n) is 2.56. The third-order valence-electron chi connectivity index (χ3n) is 3.40. The molecule has 1 atom stereocenters. The Kier molecular flexibility index (Phi) is 4.96. The van der Waals surface area contributed by atoms with Crippen LogP contribution in [0, 0.1) is 13.8 Å². The number of carbonyl (C=O) groups excluding carboxylic acids is 1. The van der Waals surface area contributed by atoms with E-state index in [0.717, 1.165) is 31.7 Å². The van der Waals surface area contributed by atoms with Gasteiger partial charge >= 0.3 is 5.97 Å². The molecule has 0 spiro atoms. The van der Waals surface area contributed by atoms with E-state index in [9.17, 15) is 4.79 Å². The van der Waals surface area contributed by atoms with Gasteiger partial charge in [-0.1, -0.05) is 0 Å². The highest BCUT2D eigenvalue weighted by molar-refractivity contribution is 7.12. The van der Waals surface area contributed by atoms with Crippen molar-refractivity contribution in [1.82, 2.24) is 10.2 Å². The number of hydrogen-bond acceptors (Lipinski definition) is 5. The third kappa shape index (κ3) is 3.35. The summed E-state index contributed by atoms with van der Waals surface area (Å²) in [5.41, 5.74) is 1.11. The van der Waals surface area contributed by atoms with E-state index in [0.29, 0.717) is 6.61 Å². The van der Waals surface area contributed by atoms with Crippen molar-refractivity contribution < 1.29 is 9.53 Å². The van der Waals surface area contributed by atoms with Crippen LogP contribution >= 0.6 is 11.3 Å². The Morgan fingerprint density at radius 2 is 2.16 bits per heavy atom. The molecule has 1 aromatic rings. The number of piperazine rings is 1. The van der Waals surface area contributed by atoms with Gasteiger partial charge in [0.25, 0.3) is 0 Å². The number of nitrogens with zero attached hydrogens (tertiary/aromatic N) is 1. The zero-order valence-electron chi connectivity index (χ0n) is 11.9. The second-order valence-electron chi connectivity index (χ2n) is 4.81. The van der Waals surface area contributed by atoms with Crippen molar-refractivity contribution in [2.24, 2.45) is 0 Å². The molecule has 19 heavy (non-hydrogen) atoms. The fraction of sp³-hybridized carbons (Fsp3) is 0.643. The number of nitrogens with one attached hydrogen (secondary N) is 1. The summed E-state index contributed by atoms with van der Waals surface area (Å²) in [6, 6.07) is 1.89. The Balaban J connectivity index is 2.27. The van der Waals surface area contributed by atoms with E-state index in [1.807, 2.05) is 6.92 Å². The molecule has 2 heterocycles. The van der Waals surface area contributed by atoms with Crippen molar-refractivity contribution in [3.63, 3.8) is 0 Å². The molecule has 1 fully saturated rings. The van der Waals surface area contributed by atoms with Crippen molar-refractivity contribution in [1.29, 1.82) is 0 Å². The average Bonchev–Trinajstić information content (AvgIpc) is 2.70. The average molecular weight is 282 g/mol. The molecule has 1 aliphatic rings. The van der Waals surface area contributed by atoms with Crippen molar-refractivity contribution in [2.45, 2.75) is 26.8 Å². The van der Waals surface area contributed by atoms with E-state index < -0.39 is 0 Å². The predicted octanol–water partition coefficient (Wildman–Crippen LogP) is 1.87. The van der Waals surface area contributed by atoms with E-state index in [1.165, 1.54) is 9.75 Å². The number of carbonyl (C=O) groups is 1. The molecule has 0 bridgehead atoms. The smallest absolute Gasteiger partial charge is 0.328 e. The lowest BCUT2D eigenvalue weighted by Crippen LogP contribution is -2.47. The topological polar surface area (TPSA) is 41.6 Å². The number of thiophene rings is 1. The van der Waals surface area contributed by atoms with Crippen LogP contribution in [0.4, 0.5) is 0 Å². The van der Waals surface area contributed by atoms with Gasteiger partial charge in [-0.3, -0.25) is 4.90 Å². The summed E-state index contributed by atoms with van der Waals surface area (Å²) in [6.07, 6.45) is 0. The Hall–Kier alpha value is -0.910. The van der Waals surface area contributed by atoms with Crippen molar-refractivity contribution in [3.8, 4) is 0 Å². The van der Waals surface area contributed by atoms with Crippen LogP contribution in [0.5, 0.6) is 0 Å². The summed E-state index contributed by atoms with van der Waals surface area (Å²) in [6.45, 7) is 10.1. The van der Waals surface area contributed by atoms with Gasteiger partial charge in [0.2, 0.25) is 0 Å². The third-order valence-corrected chi connectivity index (χ3v) is 4.38. The van der Waals surface area contributed by atoms with Crippen LogP contribution in [-0.2, 0) is 9.53 Å². The van der Waals surface area contributed by atoms with Gasteiger partial charge < -0.3 is 10.1 Å². The number of aryl methyl sites for hydroxylation is 2. The lowest BCUT2D eigenvalue weighted by molar-refractivity contribution is -0.150. The molecule has 1 saturated heterocycles. The molecular weight excluding hydrogens is 260 g/mol. The molecule has 1 N–H and O–H groups in total. The number of esters is 1. The van der Waals surface area contributed by atoms with Crippen LogP contribution in [0.3, 0.4) is 0 Å². The summed E-state index contributed by atoms with van der Waals surface area (Å²) in [4.78, 5) is 17.0. The van der Waals surface area contributed by atoms with Crippen LogP contribution in [0.25, 0.3) is 0 Å². The number of ether oxygens (including phenoxy) is 1. The summed E-state index contributed by atoms with van der Waals surface area (Å²) in [5.74, 6) is -0.120. The lowest BCUT2D eigenvalue weighted by Gasteiger charge is -2.33. The van der Waals surface area contributed by atoms with E-state index in [2.05, 4.69) is 30.1 Å². The molecule has 5 heteroatoms. The quantitative estimate of drug-likeness (QED) is 0.856. The molecule has 0 aliphatic carbocycles. The summed E-state index contributed by atoms with van der Waals surface area (Å²) in [5, 5.41) is 3.32. The van der Waals surface area contributed by atoms with Gasteiger partial charge in [0.15, 0.2) is 0 Å². The molecule has 106 valence electrons. The first-order valence-electron chi connectivity index (χ1n) is 6.81. The standard InChI is InChI=1S/C14H22N2O2S/c1-4-18-14(17)13(16-7-5-15-6-8-16)12-9-10(2)19-11(12)3/h9,13,15H,4-8H2,1-3H3. The van der Waals surface area contributed by atoms with Crippen molar-refractivity contribution in [3.05, 3.63) is 21.4 Å². The first-order chi connectivity index (χ1) is 9.13. The number of hydrogen-bond donors (Lipinski definition) is 1. The maximum atomic E-state index is 12.3. The highest BCUT2D eigenvalue weighted by atomic mass is 32.1. The van der Waals surface area contributed by atoms with Gasteiger partial charge in [-0.25, -0.2) is 4.79 Å². The molecule has 0 amide bonds. The SMILES string of the molecule is CCOC(=O)C(c1cc(C)sc1C)N1CCNCC1. The molecule has 0 aromatic carbocycles. The van der Waals surface area contributed by atoms with Crippen LogP contribution < -0.4 is 5.32 Å². The molecular formula is C14H22N2O2S. The minimum atomic E-state index is -0.244. The largest absolute Gasteiger partial charge is 0.465 e. The molecule has 1 aliphatic heterocycles. The lowest BCUT2D eigenvalue weighted by atomic mass is 10.1. The molecule has 2 rings (SSSR count). The first-order valence-corrected chi connectivity index (χ1v) is 7.63. The zero-order valence-corrected chi connectivity index (χ0v) is 12.7. The minimum Gasteiger partial charge on any atom is -0.465 e. The second-order valence-corrected chi connectivity index (χ2v) is 6.27. The Labute approximate surface area is 118 Å². The fourth-order valence-corrected chi connectivity index (χ4v) is 3.51. The Morgan fingerprint density at radius 1 is 1.47 bits per heavy atom. The van der Waals surface area contributed by atoms with E-state index in [4.69, 9.17) is 4.74 Å². The van der Waals surface area contributed by atoms with Crippen molar-refractivity contribution in [2.75, 3.05) is 32.8 Å². The van der Waals surface area contributed by atoms with Crippen molar-refractivity contribution >= 4 is 17.3 Å². The highest BCUT2D eigenvalue weighted by Gasteiger charge is 2.31. The number of rotatable bonds is 4. The van der Waals surface area contributed by atoms with Gasteiger partial charge in [-0.05, 0) is 32.4 Å². The van der Waals surface area contributed by atoms with Gasteiger partial charge in [0, 0.05) is 35.9 Å². The molecule has 0 saturated carbocycles. The van der Waals surface area contributed by atoms with E-state index >= 15 is 0 Å². The highest BCUT2D eigenvalue weighted by Crippen LogP contribution is 2.31. The van der Waals surface area contributed by atoms with Crippen LogP contribution in [0.15, 0.2) is 6.07 Å². The maximum Gasteiger partial charge on any atom is 0.328 e. The maximum absolute atomic E-state index is 12.3. The van der Waals surface area contributed by atoms with Crippen LogP contribution in [-0.4, -0.2) is 43.7 Å². The summed E-state index contributed by atoms with van der Waals surface area (Å²) < 4.78 is 5.28. The minimum absolute atomic E-state index is 0.120. The molecule has 0 radical (unpaired) electrons. The van der Waals surface area contributed by atoms with E-state index in [-0.39, 0.29) is 12.0 Å². The molecule has 1 aromatic heterocycles. The predicted molar refractivity (Wildman–Crippen MR) is 77.6 cm³/mol. The Morgan fingerprint density at radius 3 is 2.68 bits per heavy atom. The second kappa shape index (κ2) is 6.50. The normalized spacial score (nSPS) is 18.3. The van der Waals surface area contributed by atoms with Gasteiger partial charge in [-0.15, -0.1) is 11.3 Å². The first kappa shape index (κ1) is 14.5. The van der Waals surface area contributed by atoms with Gasteiger partial charge in [-0.2, -0.15) is 0 Å². The monoisotopic (exact) mass is 282 g/mol. The zero-order chi connectivity index (χ0) is 13.8. The Bertz CT molecular complexity index is 439. The van der Waals surface area contributed by atoms with Crippen LogP contribution in [0.1, 0.15) is 28.3 Å². The van der Waals surface area contributed by atoms with Gasteiger partial charge in [0.05, 0.1) is 6.61 Å². The van der Waals surface area contributed by atoms with Gasteiger partial charge in [0.1, 0.15) is 6.04 Å². The summed E-state index contributed by atoms with van der Waals surface area (Å²) in [7, 11) is 0. The van der Waals surface area contributed by atoms with E-state index in [1.54, 1.807) is 11.3 Å². The molecule has 4 nitrogen and oxygen atoms in total. The summed E-state index contributed by atoms with van der Waals surface area (Å²) >= 11 is 1.75.